The summed E-state index contributed by atoms with van der Waals surface area (Å²) in [6, 6.07) is 8.98. The number of aromatic nitrogens is 1. The number of fused-ring (bicyclic) bond motifs is 2. The van der Waals surface area contributed by atoms with E-state index < -0.39 is 18.0 Å². The molecule has 1 aliphatic carbocycles. The predicted octanol–water partition coefficient (Wildman–Crippen LogP) is 4.47. The molecule has 2 aromatic carbocycles. The van der Waals surface area contributed by atoms with Gasteiger partial charge in [0.15, 0.2) is 5.75 Å². The van der Waals surface area contributed by atoms with E-state index in [1.165, 1.54) is 12.3 Å². The van der Waals surface area contributed by atoms with Crippen LogP contribution in [0.4, 0.5) is 8.78 Å². The molecule has 160 valence electrons. The maximum atomic E-state index is 13.5. The molecular formula is C23H20F2N2O4. The molecule has 2 N–H and O–H groups in total. The van der Waals surface area contributed by atoms with Gasteiger partial charge >= 0.3 is 12.6 Å². The molecule has 0 spiro atoms. The molecule has 2 heterocycles. The van der Waals surface area contributed by atoms with Gasteiger partial charge in [0.1, 0.15) is 5.56 Å². The van der Waals surface area contributed by atoms with Crippen molar-refractivity contribution < 1.29 is 23.4 Å². The van der Waals surface area contributed by atoms with Crippen molar-refractivity contribution in [3.05, 3.63) is 63.4 Å². The lowest BCUT2D eigenvalue weighted by Gasteiger charge is -2.19. The number of aromatic carboxylic acids is 1. The zero-order valence-corrected chi connectivity index (χ0v) is 16.7. The average Bonchev–Trinajstić information content (AvgIpc) is 3.51. The van der Waals surface area contributed by atoms with E-state index in [9.17, 15) is 23.5 Å². The van der Waals surface area contributed by atoms with Gasteiger partial charge in [-0.2, -0.15) is 8.78 Å². The summed E-state index contributed by atoms with van der Waals surface area (Å²) in [5.74, 6) is -1.45. The number of carboxylic acid groups (broad SMARTS) is 1. The van der Waals surface area contributed by atoms with E-state index >= 15 is 0 Å². The summed E-state index contributed by atoms with van der Waals surface area (Å²) in [5, 5.41) is 12.8. The monoisotopic (exact) mass is 426 g/mol. The molecule has 0 unspecified atom stereocenters. The fraction of sp³-hybridized carbons (Fsp3) is 0.304. The van der Waals surface area contributed by atoms with Crippen molar-refractivity contribution in [3.8, 4) is 16.9 Å². The van der Waals surface area contributed by atoms with Crippen LogP contribution in [0.3, 0.4) is 0 Å². The van der Waals surface area contributed by atoms with Crippen molar-refractivity contribution in [2.45, 2.75) is 45.0 Å². The summed E-state index contributed by atoms with van der Waals surface area (Å²) in [5.41, 5.74) is 2.49. The molecule has 8 heteroatoms. The molecule has 5 rings (SSSR count). The van der Waals surface area contributed by atoms with Crippen LogP contribution in [0.5, 0.6) is 5.75 Å². The third kappa shape index (κ3) is 3.27. The van der Waals surface area contributed by atoms with Crippen LogP contribution in [0.25, 0.3) is 22.0 Å². The summed E-state index contributed by atoms with van der Waals surface area (Å²) in [6.07, 6.45) is 2.80. The molecule has 3 aromatic rings. The number of ether oxygens (including phenoxy) is 1. The van der Waals surface area contributed by atoms with Gasteiger partial charge in [-0.05, 0) is 54.7 Å². The first kappa shape index (κ1) is 19.7. The van der Waals surface area contributed by atoms with E-state index in [4.69, 9.17) is 4.74 Å². The van der Waals surface area contributed by atoms with Gasteiger partial charge in [-0.15, -0.1) is 0 Å². The van der Waals surface area contributed by atoms with Crippen LogP contribution < -0.4 is 15.5 Å². The summed E-state index contributed by atoms with van der Waals surface area (Å²) in [6.45, 7) is -0.360. The number of nitrogens with zero attached hydrogens (tertiary/aromatic N) is 1. The number of carbonyl (C=O) groups is 1. The number of benzene rings is 2. The summed E-state index contributed by atoms with van der Waals surface area (Å²) < 4.78 is 33.5. The highest BCUT2D eigenvalue weighted by atomic mass is 19.3. The van der Waals surface area contributed by atoms with Gasteiger partial charge in [0.05, 0.1) is 10.9 Å². The fourth-order valence-corrected chi connectivity index (χ4v) is 4.37. The first-order chi connectivity index (χ1) is 14.8. The second-order valence-electron chi connectivity index (χ2n) is 8.05. The SMILES string of the molecule is C[C@@H]1NCc2cc(-c3ccc4c(=O)c(C(=O)O)cn(C5CC5)c4c3OC(F)F)ccc21. The van der Waals surface area contributed by atoms with E-state index in [-0.39, 0.29) is 34.3 Å². The Labute approximate surface area is 176 Å². The van der Waals surface area contributed by atoms with Crippen molar-refractivity contribution in [2.75, 3.05) is 0 Å². The Hall–Kier alpha value is -3.26. The molecule has 1 aliphatic heterocycles. The molecule has 0 amide bonds. The lowest BCUT2D eigenvalue weighted by molar-refractivity contribution is -0.0486. The van der Waals surface area contributed by atoms with Crippen molar-refractivity contribution in [3.63, 3.8) is 0 Å². The van der Waals surface area contributed by atoms with Gasteiger partial charge < -0.3 is 19.7 Å². The van der Waals surface area contributed by atoms with E-state index in [2.05, 4.69) is 12.2 Å². The van der Waals surface area contributed by atoms with Gasteiger partial charge in [-0.3, -0.25) is 4.79 Å². The average molecular weight is 426 g/mol. The predicted molar refractivity (Wildman–Crippen MR) is 111 cm³/mol. The number of carboxylic acids is 1. The topological polar surface area (TPSA) is 80.6 Å². The van der Waals surface area contributed by atoms with Crippen molar-refractivity contribution >= 4 is 16.9 Å². The molecule has 0 saturated heterocycles. The van der Waals surface area contributed by atoms with E-state index in [1.807, 2.05) is 18.2 Å². The zero-order valence-electron chi connectivity index (χ0n) is 16.7. The fourth-order valence-electron chi connectivity index (χ4n) is 4.37. The number of alkyl halides is 2. The lowest BCUT2D eigenvalue weighted by Crippen LogP contribution is -2.19. The quantitative estimate of drug-likeness (QED) is 0.629. The van der Waals surface area contributed by atoms with Crippen molar-refractivity contribution in [2.24, 2.45) is 0 Å². The molecule has 6 nitrogen and oxygen atoms in total. The Morgan fingerprint density at radius 2 is 2.03 bits per heavy atom. The number of nitrogens with one attached hydrogen (secondary N) is 1. The minimum Gasteiger partial charge on any atom is -0.477 e. The summed E-state index contributed by atoms with van der Waals surface area (Å²) in [4.78, 5) is 24.4. The highest BCUT2D eigenvalue weighted by molar-refractivity contribution is 5.97. The molecule has 0 radical (unpaired) electrons. The molecule has 31 heavy (non-hydrogen) atoms. The van der Waals surface area contributed by atoms with E-state index in [0.29, 0.717) is 17.7 Å². The van der Waals surface area contributed by atoms with Gasteiger partial charge in [-0.25, -0.2) is 4.79 Å². The Kier molecular flexibility index (Phi) is 4.55. The Bertz CT molecular complexity index is 1280. The zero-order chi connectivity index (χ0) is 21.9. The van der Waals surface area contributed by atoms with Gasteiger partial charge in [0, 0.05) is 30.4 Å². The third-order valence-electron chi connectivity index (χ3n) is 6.04. The van der Waals surface area contributed by atoms with Crippen LogP contribution in [0, 0.1) is 0 Å². The Morgan fingerprint density at radius 1 is 1.26 bits per heavy atom. The van der Waals surface area contributed by atoms with Crippen LogP contribution in [0.2, 0.25) is 0 Å². The third-order valence-corrected chi connectivity index (χ3v) is 6.04. The van der Waals surface area contributed by atoms with Gasteiger partial charge in [0.25, 0.3) is 0 Å². The number of pyridine rings is 1. The number of halogens is 2. The van der Waals surface area contributed by atoms with Crippen LogP contribution in [0.1, 0.15) is 53.3 Å². The van der Waals surface area contributed by atoms with E-state index in [1.54, 1.807) is 10.6 Å². The van der Waals surface area contributed by atoms with Crippen LogP contribution in [-0.4, -0.2) is 22.3 Å². The second-order valence-corrected chi connectivity index (χ2v) is 8.05. The smallest absolute Gasteiger partial charge is 0.387 e. The molecule has 1 aromatic heterocycles. The molecular weight excluding hydrogens is 406 g/mol. The minimum atomic E-state index is -3.10. The first-order valence-electron chi connectivity index (χ1n) is 10.1. The van der Waals surface area contributed by atoms with Gasteiger partial charge in [-0.1, -0.05) is 12.1 Å². The maximum absolute atomic E-state index is 13.5. The standard InChI is InChI=1S/C23H20F2N2O4/c1-11-15-5-2-12(8-13(15)9-26-11)16-6-7-17-19(21(16)31-23(24)25)27(14-3-4-14)10-18(20(17)28)22(29)30/h2,5-8,10-11,14,23,26H,3-4,9H2,1H3,(H,29,30)/t11-/m0/s1. The maximum Gasteiger partial charge on any atom is 0.387 e. The first-order valence-corrected chi connectivity index (χ1v) is 10.1. The molecule has 0 bridgehead atoms. The Balaban J connectivity index is 1.80. The largest absolute Gasteiger partial charge is 0.477 e. The second kappa shape index (κ2) is 7.16. The highest BCUT2D eigenvalue weighted by Gasteiger charge is 2.30. The molecule has 1 fully saturated rings. The van der Waals surface area contributed by atoms with Crippen LogP contribution >= 0.6 is 0 Å². The van der Waals surface area contributed by atoms with Crippen LogP contribution in [0.15, 0.2) is 41.3 Å². The van der Waals surface area contributed by atoms with Crippen LogP contribution in [-0.2, 0) is 6.54 Å². The molecule has 1 saturated carbocycles. The van der Waals surface area contributed by atoms with Crippen molar-refractivity contribution in [1.29, 1.82) is 0 Å². The number of rotatable bonds is 5. The Morgan fingerprint density at radius 3 is 2.71 bits per heavy atom. The summed E-state index contributed by atoms with van der Waals surface area (Å²) in [7, 11) is 0. The highest BCUT2D eigenvalue weighted by Crippen LogP contribution is 2.43. The molecule has 2 aliphatic rings. The number of hydrogen-bond donors (Lipinski definition) is 2. The molecule has 1 atom stereocenters. The normalized spacial score (nSPS) is 17.9. The van der Waals surface area contributed by atoms with E-state index in [0.717, 1.165) is 24.0 Å². The lowest BCUT2D eigenvalue weighted by atomic mass is 9.96. The minimum absolute atomic E-state index is 0.0541. The van der Waals surface area contributed by atoms with Crippen molar-refractivity contribution in [1.82, 2.24) is 9.88 Å². The number of hydrogen-bond acceptors (Lipinski definition) is 4. The summed E-state index contributed by atoms with van der Waals surface area (Å²) >= 11 is 0. The van der Waals surface area contributed by atoms with Gasteiger partial charge in [0.2, 0.25) is 5.43 Å².